The molecule has 1 saturated carbocycles. The molecular weight excluding hydrogens is 280 g/mol. The number of hydrogen-bond acceptors (Lipinski definition) is 4. The predicted molar refractivity (Wildman–Crippen MR) is 82.5 cm³/mol. The normalized spacial score (nSPS) is 25.8. The summed E-state index contributed by atoms with van der Waals surface area (Å²) in [5.74, 6) is 0.127. The summed E-state index contributed by atoms with van der Waals surface area (Å²) in [7, 11) is 0. The average molecular weight is 306 g/mol. The van der Waals surface area contributed by atoms with Gasteiger partial charge in [0.1, 0.15) is 5.54 Å². The third-order valence-electron chi connectivity index (χ3n) is 5.20. The lowest BCUT2D eigenvalue weighted by atomic mass is 9.92. The molecular formula is C16H26N4O2. The lowest BCUT2D eigenvalue weighted by Crippen LogP contribution is -2.49. The Bertz CT molecular complexity index is 502. The Hall–Kier alpha value is -1.43. The van der Waals surface area contributed by atoms with Gasteiger partial charge in [-0.3, -0.25) is 9.48 Å². The molecule has 1 aliphatic carbocycles. The molecule has 0 bridgehead atoms. The highest BCUT2D eigenvalue weighted by Crippen LogP contribution is 2.28. The van der Waals surface area contributed by atoms with Crippen molar-refractivity contribution in [2.75, 3.05) is 6.54 Å². The number of carbonyl (C=O) groups is 1. The van der Waals surface area contributed by atoms with Crippen molar-refractivity contribution in [1.82, 2.24) is 20.3 Å². The number of carboxylic acid groups (broad SMARTS) is 1. The van der Waals surface area contributed by atoms with Gasteiger partial charge in [-0.15, -0.1) is 5.10 Å². The van der Waals surface area contributed by atoms with E-state index in [-0.39, 0.29) is 0 Å². The molecule has 0 radical (unpaired) electrons. The van der Waals surface area contributed by atoms with Crippen molar-refractivity contribution in [2.45, 2.75) is 69.9 Å². The van der Waals surface area contributed by atoms with E-state index in [2.05, 4.69) is 15.6 Å². The number of hydrogen-bond donors (Lipinski definition) is 2. The minimum Gasteiger partial charge on any atom is -0.480 e. The third kappa shape index (κ3) is 3.48. The summed E-state index contributed by atoms with van der Waals surface area (Å²) in [6.45, 7) is 1.65. The summed E-state index contributed by atoms with van der Waals surface area (Å²) in [4.78, 5) is 11.5. The SMILES string of the molecule is O=C(O)C1(Cc2cn(CCCC3CCCC3)nn2)CCCN1. The number of nitrogens with one attached hydrogen (secondary N) is 1. The largest absolute Gasteiger partial charge is 0.480 e. The van der Waals surface area contributed by atoms with Gasteiger partial charge in [-0.2, -0.15) is 0 Å². The van der Waals surface area contributed by atoms with Crippen molar-refractivity contribution in [3.63, 3.8) is 0 Å². The van der Waals surface area contributed by atoms with E-state index < -0.39 is 11.5 Å². The van der Waals surface area contributed by atoms with Crippen molar-refractivity contribution < 1.29 is 9.90 Å². The molecule has 1 atom stereocenters. The predicted octanol–water partition coefficient (Wildman–Crippen LogP) is 2.00. The summed E-state index contributed by atoms with van der Waals surface area (Å²) in [5.41, 5.74) is -0.0669. The molecule has 6 heteroatoms. The first-order chi connectivity index (χ1) is 10.7. The summed E-state index contributed by atoms with van der Waals surface area (Å²) in [6, 6.07) is 0. The van der Waals surface area contributed by atoms with Crippen LogP contribution in [0.2, 0.25) is 0 Å². The maximum Gasteiger partial charge on any atom is 0.324 e. The molecule has 1 aromatic heterocycles. The number of aromatic nitrogens is 3. The van der Waals surface area contributed by atoms with Crippen LogP contribution in [-0.4, -0.2) is 38.2 Å². The van der Waals surface area contributed by atoms with Crippen molar-refractivity contribution in [2.24, 2.45) is 5.92 Å². The smallest absolute Gasteiger partial charge is 0.324 e. The quantitative estimate of drug-likeness (QED) is 0.805. The van der Waals surface area contributed by atoms with E-state index in [1.54, 1.807) is 0 Å². The van der Waals surface area contributed by atoms with Crippen LogP contribution in [0.4, 0.5) is 0 Å². The van der Waals surface area contributed by atoms with Crippen LogP contribution in [0.5, 0.6) is 0 Å². The van der Waals surface area contributed by atoms with Gasteiger partial charge in [0.2, 0.25) is 0 Å². The number of nitrogens with zero attached hydrogens (tertiary/aromatic N) is 3. The fraction of sp³-hybridized carbons (Fsp3) is 0.812. The molecule has 0 amide bonds. The van der Waals surface area contributed by atoms with Gasteiger partial charge >= 0.3 is 5.97 Å². The van der Waals surface area contributed by atoms with Gasteiger partial charge in [-0.05, 0) is 38.1 Å². The molecule has 122 valence electrons. The molecule has 2 heterocycles. The lowest BCUT2D eigenvalue weighted by Gasteiger charge is -2.22. The second-order valence-corrected chi connectivity index (χ2v) is 6.86. The Morgan fingerprint density at radius 3 is 2.91 bits per heavy atom. The summed E-state index contributed by atoms with van der Waals surface area (Å²) >= 11 is 0. The molecule has 3 rings (SSSR count). The van der Waals surface area contributed by atoms with Crippen LogP contribution in [-0.2, 0) is 17.8 Å². The zero-order chi connectivity index (χ0) is 15.4. The molecule has 0 spiro atoms. The van der Waals surface area contributed by atoms with E-state index >= 15 is 0 Å². The maximum atomic E-state index is 11.5. The number of rotatable bonds is 7. The van der Waals surface area contributed by atoms with Crippen LogP contribution in [0, 0.1) is 5.92 Å². The Labute approximate surface area is 131 Å². The van der Waals surface area contributed by atoms with Crippen molar-refractivity contribution in [3.8, 4) is 0 Å². The van der Waals surface area contributed by atoms with Crippen LogP contribution in [0.15, 0.2) is 6.20 Å². The monoisotopic (exact) mass is 306 g/mol. The first-order valence-electron chi connectivity index (χ1n) is 8.55. The van der Waals surface area contributed by atoms with Gasteiger partial charge in [-0.1, -0.05) is 30.9 Å². The van der Waals surface area contributed by atoms with E-state index in [0.717, 1.165) is 37.5 Å². The fourth-order valence-electron chi connectivity index (χ4n) is 3.89. The van der Waals surface area contributed by atoms with Crippen LogP contribution in [0.1, 0.15) is 57.1 Å². The van der Waals surface area contributed by atoms with E-state index in [1.807, 2.05) is 10.9 Å². The first kappa shape index (κ1) is 15.5. The van der Waals surface area contributed by atoms with Crippen LogP contribution >= 0.6 is 0 Å². The van der Waals surface area contributed by atoms with Crippen molar-refractivity contribution >= 4 is 5.97 Å². The Morgan fingerprint density at radius 2 is 2.23 bits per heavy atom. The summed E-state index contributed by atoms with van der Waals surface area (Å²) in [5, 5.41) is 20.9. The zero-order valence-corrected chi connectivity index (χ0v) is 13.1. The van der Waals surface area contributed by atoms with E-state index in [9.17, 15) is 9.90 Å². The second kappa shape index (κ2) is 6.77. The minimum absolute atomic E-state index is 0.422. The number of carboxylic acids is 1. The maximum absolute atomic E-state index is 11.5. The molecule has 1 saturated heterocycles. The van der Waals surface area contributed by atoms with E-state index in [1.165, 1.54) is 32.1 Å². The summed E-state index contributed by atoms with van der Waals surface area (Å²) in [6.07, 6.45) is 11.9. The van der Waals surface area contributed by atoms with Crippen LogP contribution in [0.25, 0.3) is 0 Å². The second-order valence-electron chi connectivity index (χ2n) is 6.86. The zero-order valence-electron chi connectivity index (χ0n) is 13.1. The molecule has 6 nitrogen and oxygen atoms in total. The molecule has 1 aliphatic heterocycles. The lowest BCUT2D eigenvalue weighted by molar-refractivity contribution is -0.144. The van der Waals surface area contributed by atoms with Gasteiger partial charge in [0, 0.05) is 19.2 Å². The highest BCUT2D eigenvalue weighted by atomic mass is 16.4. The molecule has 2 fully saturated rings. The van der Waals surface area contributed by atoms with Crippen LogP contribution in [0.3, 0.4) is 0 Å². The minimum atomic E-state index is -0.843. The van der Waals surface area contributed by atoms with Gasteiger partial charge in [-0.25, -0.2) is 0 Å². The van der Waals surface area contributed by atoms with Gasteiger partial charge in [0.05, 0.1) is 5.69 Å². The Morgan fingerprint density at radius 1 is 1.41 bits per heavy atom. The topological polar surface area (TPSA) is 80.0 Å². The molecule has 1 aromatic rings. The highest BCUT2D eigenvalue weighted by molar-refractivity contribution is 5.79. The molecule has 0 aromatic carbocycles. The number of aryl methyl sites for hydroxylation is 1. The van der Waals surface area contributed by atoms with Gasteiger partial charge in [0.15, 0.2) is 0 Å². The average Bonchev–Trinajstić information content (AvgIpc) is 3.22. The van der Waals surface area contributed by atoms with Crippen molar-refractivity contribution in [3.05, 3.63) is 11.9 Å². The molecule has 2 N–H and O–H groups in total. The van der Waals surface area contributed by atoms with Crippen LogP contribution < -0.4 is 5.32 Å². The van der Waals surface area contributed by atoms with Gasteiger partial charge < -0.3 is 10.4 Å². The highest BCUT2D eigenvalue weighted by Gasteiger charge is 2.41. The van der Waals surface area contributed by atoms with E-state index in [0.29, 0.717) is 12.8 Å². The molecule has 22 heavy (non-hydrogen) atoms. The Balaban J connectivity index is 1.51. The first-order valence-corrected chi connectivity index (χ1v) is 8.55. The fourth-order valence-corrected chi connectivity index (χ4v) is 3.89. The Kier molecular flexibility index (Phi) is 4.76. The third-order valence-corrected chi connectivity index (χ3v) is 5.20. The number of aliphatic carboxylic acids is 1. The molecule has 1 unspecified atom stereocenters. The van der Waals surface area contributed by atoms with Crippen molar-refractivity contribution in [1.29, 1.82) is 0 Å². The van der Waals surface area contributed by atoms with Gasteiger partial charge in [0.25, 0.3) is 0 Å². The summed E-state index contributed by atoms with van der Waals surface area (Å²) < 4.78 is 1.87. The molecule has 2 aliphatic rings. The van der Waals surface area contributed by atoms with E-state index in [4.69, 9.17) is 0 Å². The standard InChI is InChI=1S/C16H26N4O2/c21-15(22)16(8-4-9-17-16)11-14-12-20(19-18-14)10-3-7-13-5-1-2-6-13/h12-13,17H,1-11H2,(H,21,22).